The average molecular weight is 472 g/mol. The first-order chi connectivity index (χ1) is 15.8. The summed E-state index contributed by atoms with van der Waals surface area (Å²) in [6, 6.07) is 0. The number of halogens is 3. The van der Waals surface area contributed by atoms with Crippen LogP contribution in [0.1, 0.15) is 96.3 Å². The van der Waals surface area contributed by atoms with Gasteiger partial charge in [-0.2, -0.15) is 13.2 Å². The van der Waals surface area contributed by atoms with E-state index in [0.29, 0.717) is 30.6 Å². The van der Waals surface area contributed by atoms with Crippen molar-refractivity contribution in [3.05, 3.63) is 12.2 Å². The Kier molecular flexibility index (Phi) is 10.6. The highest BCUT2D eigenvalue weighted by Crippen LogP contribution is 2.43. The van der Waals surface area contributed by atoms with Gasteiger partial charge in [0.05, 0.1) is 6.61 Å². The SMILES string of the molecule is C=C(CN1CCCC1)C(=O)OCCC1CCC(C2CCC(CCCCC(F)(F)F)CC2)CC1. The Labute approximate surface area is 198 Å². The summed E-state index contributed by atoms with van der Waals surface area (Å²) in [7, 11) is 0. The maximum absolute atomic E-state index is 12.3. The smallest absolute Gasteiger partial charge is 0.389 e. The molecule has 0 bridgehead atoms. The molecule has 0 spiro atoms. The van der Waals surface area contributed by atoms with Gasteiger partial charge in [-0.1, -0.05) is 45.1 Å². The van der Waals surface area contributed by atoms with Crippen LogP contribution in [0.5, 0.6) is 0 Å². The second kappa shape index (κ2) is 13.2. The highest BCUT2D eigenvalue weighted by atomic mass is 19.4. The number of carbonyl (C=O) groups is 1. The lowest BCUT2D eigenvalue weighted by molar-refractivity contribution is -0.139. The van der Waals surface area contributed by atoms with Gasteiger partial charge < -0.3 is 4.74 Å². The fraction of sp³-hybridized carbons (Fsp3) is 0.889. The van der Waals surface area contributed by atoms with Crippen LogP contribution in [0.15, 0.2) is 12.2 Å². The zero-order valence-electron chi connectivity index (χ0n) is 20.3. The number of unbranched alkanes of at least 4 members (excludes halogenated alkanes) is 1. The first-order valence-electron chi connectivity index (χ1n) is 13.4. The monoisotopic (exact) mass is 471 g/mol. The summed E-state index contributed by atoms with van der Waals surface area (Å²) in [5.74, 6) is 2.69. The van der Waals surface area contributed by atoms with Crippen molar-refractivity contribution in [3.63, 3.8) is 0 Å². The maximum Gasteiger partial charge on any atom is 0.389 e. The Morgan fingerprint density at radius 1 is 0.848 bits per heavy atom. The Hall–Kier alpha value is -1.04. The van der Waals surface area contributed by atoms with Crippen LogP contribution in [-0.2, 0) is 9.53 Å². The molecule has 3 nitrogen and oxygen atoms in total. The van der Waals surface area contributed by atoms with Gasteiger partial charge in [0.2, 0.25) is 0 Å². The van der Waals surface area contributed by atoms with Gasteiger partial charge in [0, 0.05) is 18.5 Å². The Balaban J connectivity index is 1.22. The quantitative estimate of drug-likeness (QED) is 0.180. The van der Waals surface area contributed by atoms with Gasteiger partial charge >= 0.3 is 12.1 Å². The van der Waals surface area contributed by atoms with E-state index in [0.717, 1.165) is 44.2 Å². The molecule has 2 aliphatic carbocycles. The number of nitrogens with zero attached hydrogens (tertiary/aromatic N) is 1. The third-order valence-corrected chi connectivity index (χ3v) is 8.43. The average Bonchev–Trinajstić information content (AvgIpc) is 3.30. The molecule has 0 amide bonds. The Morgan fingerprint density at radius 3 is 1.94 bits per heavy atom. The van der Waals surface area contributed by atoms with Crippen LogP contribution in [0.4, 0.5) is 13.2 Å². The van der Waals surface area contributed by atoms with E-state index in [1.807, 2.05) is 0 Å². The molecule has 3 fully saturated rings. The third kappa shape index (κ3) is 9.62. The molecule has 0 N–H and O–H groups in total. The predicted molar refractivity (Wildman–Crippen MR) is 126 cm³/mol. The van der Waals surface area contributed by atoms with Crippen molar-refractivity contribution >= 4 is 5.97 Å². The number of likely N-dealkylation sites (tertiary alicyclic amines) is 1. The molecule has 0 aromatic carbocycles. The second-order valence-electron chi connectivity index (χ2n) is 10.9. The zero-order chi connectivity index (χ0) is 23.7. The Morgan fingerprint density at radius 2 is 1.39 bits per heavy atom. The molecule has 6 heteroatoms. The summed E-state index contributed by atoms with van der Waals surface area (Å²) >= 11 is 0. The normalized spacial score (nSPS) is 29.2. The molecule has 0 unspecified atom stereocenters. The Bertz CT molecular complexity index is 599. The lowest BCUT2D eigenvalue weighted by Crippen LogP contribution is -2.27. The van der Waals surface area contributed by atoms with Crippen LogP contribution in [0.25, 0.3) is 0 Å². The lowest BCUT2D eigenvalue weighted by Gasteiger charge is -2.38. The van der Waals surface area contributed by atoms with Crippen molar-refractivity contribution in [2.75, 3.05) is 26.2 Å². The summed E-state index contributed by atoms with van der Waals surface area (Å²) in [6.07, 6.45) is 10.7. The summed E-state index contributed by atoms with van der Waals surface area (Å²) < 4.78 is 42.4. The van der Waals surface area contributed by atoms with Crippen LogP contribution in [0, 0.1) is 23.7 Å². The number of hydrogen-bond donors (Lipinski definition) is 0. The summed E-state index contributed by atoms with van der Waals surface area (Å²) in [5, 5.41) is 0. The van der Waals surface area contributed by atoms with Crippen molar-refractivity contribution in [2.45, 2.75) is 102 Å². The van der Waals surface area contributed by atoms with E-state index >= 15 is 0 Å². The second-order valence-corrected chi connectivity index (χ2v) is 10.9. The standard InChI is InChI=1S/C27H44F3NO2/c1-21(20-31-17-4-5-18-31)26(32)33-19-15-23-9-13-25(14-10-23)24-11-7-22(8-12-24)6-2-3-16-27(28,29)30/h22-25H,1-20H2. The highest BCUT2D eigenvalue weighted by Gasteiger charge is 2.31. The number of esters is 1. The van der Waals surface area contributed by atoms with Crippen LogP contribution < -0.4 is 0 Å². The van der Waals surface area contributed by atoms with Crippen molar-refractivity contribution in [1.82, 2.24) is 4.90 Å². The minimum Gasteiger partial charge on any atom is -0.462 e. The number of ether oxygens (including phenoxy) is 1. The first-order valence-corrected chi connectivity index (χ1v) is 13.4. The lowest BCUT2D eigenvalue weighted by atomic mass is 9.68. The van der Waals surface area contributed by atoms with Crippen LogP contribution in [0.2, 0.25) is 0 Å². The van der Waals surface area contributed by atoms with Crippen LogP contribution in [-0.4, -0.2) is 43.3 Å². The molecule has 0 radical (unpaired) electrons. The molecule has 33 heavy (non-hydrogen) atoms. The van der Waals surface area contributed by atoms with Crippen LogP contribution >= 0.6 is 0 Å². The molecule has 0 aromatic heterocycles. The molecule has 3 rings (SSSR count). The first kappa shape index (κ1) is 26.6. The molecule has 190 valence electrons. The van der Waals surface area contributed by atoms with Gasteiger partial charge in [-0.05, 0) is 88.1 Å². The van der Waals surface area contributed by atoms with E-state index in [2.05, 4.69) is 11.5 Å². The molecule has 0 atom stereocenters. The number of carbonyl (C=O) groups excluding carboxylic acids is 1. The minimum atomic E-state index is -4.00. The fourth-order valence-corrected chi connectivity index (χ4v) is 6.35. The van der Waals surface area contributed by atoms with E-state index in [9.17, 15) is 18.0 Å². The van der Waals surface area contributed by atoms with Gasteiger partial charge in [-0.3, -0.25) is 4.90 Å². The van der Waals surface area contributed by atoms with Gasteiger partial charge in [0.1, 0.15) is 0 Å². The topological polar surface area (TPSA) is 29.5 Å². The molecule has 1 heterocycles. The van der Waals surface area contributed by atoms with Crippen LogP contribution in [0.3, 0.4) is 0 Å². The van der Waals surface area contributed by atoms with E-state index in [1.165, 1.54) is 64.2 Å². The predicted octanol–water partition coefficient (Wildman–Crippen LogP) is 7.31. The highest BCUT2D eigenvalue weighted by molar-refractivity contribution is 5.88. The molecule has 3 aliphatic rings. The van der Waals surface area contributed by atoms with Crippen molar-refractivity contribution in [2.24, 2.45) is 23.7 Å². The van der Waals surface area contributed by atoms with Crippen molar-refractivity contribution in [1.29, 1.82) is 0 Å². The largest absolute Gasteiger partial charge is 0.462 e. The fourth-order valence-electron chi connectivity index (χ4n) is 6.35. The van der Waals surface area contributed by atoms with E-state index in [4.69, 9.17) is 4.74 Å². The van der Waals surface area contributed by atoms with E-state index < -0.39 is 12.6 Å². The molecule has 2 saturated carbocycles. The summed E-state index contributed by atoms with van der Waals surface area (Å²) in [6.45, 7) is 7.17. The number of alkyl halides is 3. The summed E-state index contributed by atoms with van der Waals surface area (Å²) in [4.78, 5) is 14.5. The van der Waals surface area contributed by atoms with Gasteiger partial charge in [-0.15, -0.1) is 0 Å². The van der Waals surface area contributed by atoms with E-state index in [1.54, 1.807) is 0 Å². The molecular formula is C27H44F3NO2. The van der Waals surface area contributed by atoms with Crippen molar-refractivity contribution < 1.29 is 22.7 Å². The third-order valence-electron chi connectivity index (χ3n) is 8.43. The number of hydrogen-bond acceptors (Lipinski definition) is 3. The van der Waals surface area contributed by atoms with Gasteiger partial charge in [-0.25, -0.2) is 4.79 Å². The molecular weight excluding hydrogens is 427 g/mol. The summed E-state index contributed by atoms with van der Waals surface area (Å²) in [5.41, 5.74) is 0.580. The minimum absolute atomic E-state index is 0.231. The maximum atomic E-state index is 12.3. The van der Waals surface area contributed by atoms with E-state index in [-0.39, 0.29) is 12.4 Å². The molecule has 0 aromatic rings. The van der Waals surface area contributed by atoms with Crippen molar-refractivity contribution in [3.8, 4) is 0 Å². The number of rotatable bonds is 11. The molecule has 1 aliphatic heterocycles. The zero-order valence-corrected chi connectivity index (χ0v) is 20.3. The van der Waals surface area contributed by atoms with Gasteiger partial charge in [0.25, 0.3) is 0 Å². The molecule has 1 saturated heterocycles. The van der Waals surface area contributed by atoms with Gasteiger partial charge in [0.15, 0.2) is 0 Å².